The average Bonchev–Trinajstić information content (AvgIpc) is 3.26. The predicted octanol–water partition coefficient (Wildman–Crippen LogP) is 3.48. The van der Waals surface area contributed by atoms with Gasteiger partial charge >= 0.3 is 0 Å². The van der Waals surface area contributed by atoms with Crippen molar-refractivity contribution in [3.05, 3.63) is 41.1 Å². The number of thiazole rings is 1. The van der Waals surface area contributed by atoms with E-state index in [1.54, 1.807) is 36.3 Å². The van der Waals surface area contributed by atoms with E-state index in [1.165, 1.54) is 11.8 Å². The predicted molar refractivity (Wildman–Crippen MR) is 108 cm³/mol. The topological polar surface area (TPSA) is 88.3 Å². The zero-order valence-corrected chi connectivity index (χ0v) is 16.9. The minimum Gasteiger partial charge on any atom is -0.360 e. The number of aromatic nitrogens is 2. The minimum atomic E-state index is -0.219. The highest BCUT2D eigenvalue weighted by molar-refractivity contribution is 8.00. The van der Waals surface area contributed by atoms with Gasteiger partial charge in [-0.25, -0.2) is 4.98 Å². The molecule has 0 fully saturated rings. The third kappa shape index (κ3) is 4.86. The van der Waals surface area contributed by atoms with Gasteiger partial charge < -0.3 is 14.7 Å². The molecule has 0 unspecified atom stereocenters. The third-order valence-corrected chi connectivity index (χ3v) is 6.12. The summed E-state index contributed by atoms with van der Waals surface area (Å²) in [6, 6.07) is 9.44. The number of para-hydroxylation sites is 1. The van der Waals surface area contributed by atoms with Crippen molar-refractivity contribution in [2.24, 2.45) is 0 Å². The van der Waals surface area contributed by atoms with Gasteiger partial charge in [0.05, 0.1) is 27.8 Å². The van der Waals surface area contributed by atoms with Crippen LogP contribution in [0.15, 0.2) is 34.9 Å². The fourth-order valence-electron chi connectivity index (χ4n) is 2.39. The minimum absolute atomic E-state index is 0.0446. The highest BCUT2D eigenvalue weighted by Gasteiger charge is 2.21. The largest absolute Gasteiger partial charge is 0.360 e. The number of hydrogen-bond donors (Lipinski definition) is 1. The first-order valence-corrected chi connectivity index (χ1v) is 10.3. The summed E-state index contributed by atoms with van der Waals surface area (Å²) in [6.45, 7) is 3.71. The van der Waals surface area contributed by atoms with Gasteiger partial charge in [-0.15, -0.1) is 23.1 Å². The molecule has 9 heteroatoms. The van der Waals surface area contributed by atoms with Crippen molar-refractivity contribution in [1.82, 2.24) is 15.0 Å². The standard InChI is InChI=1S/C18H20N4O3S2/c1-11-8-15(21-25-11)20-16(23)9-26-10-17(24)22(3)12(2)18-19-13-6-4-5-7-14(13)27-18/h4-8,12H,9-10H2,1-3H3,(H,20,21,23)/t12-/m0/s1. The fraction of sp³-hybridized carbons (Fsp3) is 0.333. The van der Waals surface area contributed by atoms with Crippen molar-refractivity contribution in [3.8, 4) is 0 Å². The molecule has 0 aliphatic carbocycles. The average molecular weight is 405 g/mol. The van der Waals surface area contributed by atoms with E-state index in [1.807, 2.05) is 31.2 Å². The molecule has 1 N–H and O–H groups in total. The molecule has 2 amide bonds. The summed E-state index contributed by atoms with van der Waals surface area (Å²) in [6.07, 6.45) is 0. The number of rotatable bonds is 7. The van der Waals surface area contributed by atoms with Gasteiger partial charge in [-0.3, -0.25) is 9.59 Å². The number of fused-ring (bicyclic) bond motifs is 1. The lowest BCUT2D eigenvalue weighted by Gasteiger charge is -2.23. The van der Waals surface area contributed by atoms with E-state index < -0.39 is 0 Å². The van der Waals surface area contributed by atoms with Crippen molar-refractivity contribution < 1.29 is 14.1 Å². The Morgan fingerprint density at radius 2 is 2.11 bits per heavy atom. The molecule has 0 saturated heterocycles. The Labute approximate surface area is 165 Å². The summed E-state index contributed by atoms with van der Waals surface area (Å²) in [7, 11) is 1.76. The molecule has 1 atom stereocenters. The Kier molecular flexibility index (Phi) is 6.12. The van der Waals surface area contributed by atoms with Gasteiger partial charge in [-0.05, 0) is 26.0 Å². The molecule has 7 nitrogen and oxygen atoms in total. The molecule has 142 valence electrons. The quantitative estimate of drug-likeness (QED) is 0.649. The van der Waals surface area contributed by atoms with Crippen LogP contribution in [0.25, 0.3) is 10.2 Å². The molecule has 2 aromatic heterocycles. The molecule has 0 saturated carbocycles. The molecule has 0 aliphatic heterocycles. The van der Waals surface area contributed by atoms with Crippen LogP contribution < -0.4 is 5.32 Å². The lowest BCUT2D eigenvalue weighted by atomic mass is 10.3. The first-order chi connectivity index (χ1) is 12.9. The number of carbonyl (C=O) groups excluding carboxylic acids is 2. The molecule has 0 aliphatic rings. The highest BCUT2D eigenvalue weighted by Crippen LogP contribution is 2.29. The monoisotopic (exact) mass is 404 g/mol. The molecule has 0 bridgehead atoms. The van der Waals surface area contributed by atoms with Crippen LogP contribution in [0, 0.1) is 6.92 Å². The Bertz CT molecular complexity index is 920. The molecular weight excluding hydrogens is 384 g/mol. The maximum absolute atomic E-state index is 12.4. The number of benzene rings is 1. The van der Waals surface area contributed by atoms with E-state index in [0.29, 0.717) is 11.6 Å². The van der Waals surface area contributed by atoms with Gasteiger partial charge in [0.25, 0.3) is 0 Å². The zero-order chi connectivity index (χ0) is 19.4. The summed E-state index contributed by atoms with van der Waals surface area (Å²) >= 11 is 2.85. The number of carbonyl (C=O) groups is 2. The third-order valence-electron chi connectivity index (χ3n) is 4.00. The lowest BCUT2D eigenvalue weighted by molar-refractivity contribution is -0.128. The van der Waals surface area contributed by atoms with Crippen LogP contribution in [0.4, 0.5) is 5.82 Å². The number of aryl methyl sites for hydroxylation is 1. The van der Waals surface area contributed by atoms with E-state index in [0.717, 1.165) is 15.2 Å². The maximum atomic E-state index is 12.4. The second-order valence-electron chi connectivity index (χ2n) is 6.06. The van der Waals surface area contributed by atoms with Gasteiger partial charge in [0.2, 0.25) is 11.8 Å². The van der Waals surface area contributed by atoms with E-state index >= 15 is 0 Å². The molecule has 0 radical (unpaired) electrons. The van der Waals surface area contributed by atoms with Crippen LogP contribution in [0.5, 0.6) is 0 Å². The second kappa shape index (κ2) is 8.53. The number of thioether (sulfide) groups is 1. The summed E-state index contributed by atoms with van der Waals surface area (Å²) in [5.41, 5.74) is 0.944. The van der Waals surface area contributed by atoms with Crippen LogP contribution >= 0.6 is 23.1 Å². The van der Waals surface area contributed by atoms with E-state index in [4.69, 9.17) is 4.52 Å². The SMILES string of the molecule is Cc1cc(NC(=O)CSCC(=O)N(C)[C@@H](C)c2nc3ccccc3s2)no1. The number of nitrogens with one attached hydrogen (secondary N) is 1. The van der Waals surface area contributed by atoms with Crippen LogP contribution in [-0.2, 0) is 9.59 Å². The van der Waals surface area contributed by atoms with E-state index in [2.05, 4.69) is 15.5 Å². The van der Waals surface area contributed by atoms with Crippen LogP contribution in [0.3, 0.4) is 0 Å². The zero-order valence-electron chi connectivity index (χ0n) is 15.3. The fourth-order valence-corrected chi connectivity index (χ4v) is 4.19. The van der Waals surface area contributed by atoms with E-state index in [9.17, 15) is 9.59 Å². The van der Waals surface area contributed by atoms with Crippen LogP contribution in [0.1, 0.15) is 23.7 Å². The molecule has 3 aromatic rings. The molecule has 2 heterocycles. The van der Waals surface area contributed by atoms with Gasteiger partial charge in [-0.2, -0.15) is 0 Å². The van der Waals surface area contributed by atoms with Crippen molar-refractivity contribution in [1.29, 1.82) is 0 Å². The normalized spacial score (nSPS) is 12.1. The molecular formula is C18H20N4O3S2. The van der Waals surface area contributed by atoms with Crippen LogP contribution in [0.2, 0.25) is 0 Å². The van der Waals surface area contributed by atoms with E-state index in [-0.39, 0.29) is 29.4 Å². The molecule has 0 spiro atoms. The summed E-state index contributed by atoms with van der Waals surface area (Å²) in [5.74, 6) is 1.13. The van der Waals surface area contributed by atoms with Gasteiger partial charge in [0.15, 0.2) is 5.82 Å². The Morgan fingerprint density at radius 3 is 2.81 bits per heavy atom. The number of nitrogens with zero attached hydrogens (tertiary/aromatic N) is 3. The van der Waals surface area contributed by atoms with Gasteiger partial charge in [0, 0.05) is 13.1 Å². The highest BCUT2D eigenvalue weighted by atomic mass is 32.2. The first-order valence-electron chi connectivity index (χ1n) is 8.36. The Balaban J connectivity index is 1.48. The Morgan fingerprint density at radius 1 is 1.33 bits per heavy atom. The van der Waals surface area contributed by atoms with Gasteiger partial charge in [0.1, 0.15) is 10.8 Å². The number of hydrogen-bond acceptors (Lipinski definition) is 7. The Hall–Kier alpha value is -2.39. The lowest BCUT2D eigenvalue weighted by Crippen LogP contribution is -2.31. The molecule has 27 heavy (non-hydrogen) atoms. The van der Waals surface area contributed by atoms with Crippen LogP contribution in [-0.4, -0.2) is 45.4 Å². The summed E-state index contributed by atoms with van der Waals surface area (Å²) in [5, 5.41) is 7.24. The smallest absolute Gasteiger partial charge is 0.235 e. The second-order valence-corrected chi connectivity index (χ2v) is 8.11. The number of anilines is 1. The first kappa shape index (κ1) is 19.4. The maximum Gasteiger partial charge on any atom is 0.235 e. The van der Waals surface area contributed by atoms with Crippen molar-refractivity contribution in [3.63, 3.8) is 0 Å². The summed E-state index contributed by atoms with van der Waals surface area (Å²) in [4.78, 5) is 30.6. The van der Waals surface area contributed by atoms with Crippen molar-refractivity contribution in [2.45, 2.75) is 19.9 Å². The van der Waals surface area contributed by atoms with Gasteiger partial charge in [-0.1, -0.05) is 17.3 Å². The number of amides is 2. The molecule has 3 rings (SSSR count). The molecule has 1 aromatic carbocycles. The van der Waals surface area contributed by atoms with Crippen molar-refractivity contribution in [2.75, 3.05) is 23.9 Å². The summed E-state index contributed by atoms with van der Waals surface area (Å²) < 4.78 is 6.00. The van der Waals surface area contributed by atoms with Crippen molar-refractivity contribution >= 4 is 50.9 Å².